The van der Waals surface area contributed by atoms with Gasteiger partial charge in [0.25, 0.3) is 0 Å². The fraction of sp³-hybridized carbons (Fsp3) is 0.118. The lowest BCUT2D eigenvalue weighted by molar-refractivity contribution is -0.115. The monoisotopic (exact) mass is 340 g/mol. The third-order valence-electron chi connectivity index (χ3n) is 3.41. The molecule has 0 atom stereocenters. The van der Waals surface area contributed by atoms with Crippen LogP contribution in [-0.4, -0.2) is 31.5 Å². The van der Waals surface area contributed by atoms with Crippen molar-refractivity contribution in [2.24, 2.45) is 5.73 Å². The number of aromatic hydroxyl groups is 1. The van der Waals surface area contributed by atoms with Gasteiger partial charge in [-0.05, 0) is 31.2 Å². The number of carbonyl (C=O) groups is 1. The van der Waals surface area contributed by atoms with E-state index in [1.165, 1.54) is 11.8 Å². The molecule has 0 unspecified atom stereocenters. The minimum atomic E-state index is -0.428. The molecule has 1 aromatic heterocycles. The van der Waals surface area contributed by atoms with E-state index in [2.05, 4.69) is 10.2 Å². The van der Waals surface area contributed by atoms with Crippen LogP contribution in [0.5, 0.6) is 5.75 Å². The van der Waals surface area contributed by atoms with Crippen LogP contribution in [0.15, 0.2) is 53.7 Å². The van der Waals surface area contributed by atoms with Crippen LogP contribution >= 0.6 is 11.8 Å². The van der Waals surface area contributed by atoms with Crippen molar-refractivity contribution < 1.29 is 9.90 Å². The van der Waals surface area contributed by atoms with E-state index in [9.17, 15) is 9.90 Å². The number of nitrogens with zero attached hydrogens (tertiary/aromatic N) is 3. The largest absolute Gasteiger partial charge is 0.507 e. The van der Waals surface area contributed by atoms with Gasteiger partial charge in [0, 0.05) is 5.69 Å². The molecular formula is C17H16N4O2S. The molecule has 0 radical (unpaired) electrons. The summed E-state index contributed by atoms with van der Waals surface area (Å²) in [5.41, 5.74) is 7.77. The van der Waals surface area contributed by atoms with Gasteiger partial charge in [-0.2, -0.15) is 0 Å². The van der Waals surface area contributed by atoms with Crippen LogP contribution in [0.3, 0.4) is 0 Å². The third kappa shape index (κ3) is 3.26. The first-order valence-electron chi connectivity index (χ1n) is 7.28. The van der Waals surface area contributed by atoms with Crippen molar-refractivity contribution in [2.45, 2.75) is 12.1 Å². The van der Waals surface area contributed by atoms with Gasteiger partial charge >= 0.3 is 0 Å². The molecule has 0 aliphatic heterocycles. The number of aromatic nitrogens is 3. The average Bonchev–Trinajstić information content (AvgIpc) is 2.98. The van der Waals surface area contributed by atoms with Crippen molar-refractivity contribution in [3.05, 3.63) is 54.1 Å². The zero-order valence-electron chi connectivity index (χ0n) is 13.0. The number of benzene rings is 2. The summed E-state index contributed by atoms with van der Waals surface area (Å²) in [4.78, 5) is 11.1. The summed E-state index contributed by atoms with van der Waals surface area (Å²) < 4.78 is 1.81. The van der Waals surface area contributed by atoms with Gasteiger partial charge in [0.05, 0.1) is 11.3 Å². The molecule has 7 heteroatoms. The smallest absolute Gasteiger partial charge is 0.227 e. The lowest BCUT2D eigenvalue weighted by Crippen LogP contribution is -2.13. The average molecular weight is 340 g/mol. The molecule has 0 fully saturated rings. The fourth-order valence-electron chi connectivity index (χ4n) is 2.26. The Hall–Kier alpha value is -2.80. The predicted octanol–water partition coefficient (Wildman–Crippen LogP) is 2.53. The van der Waals surface area contributed by atoms with E-state index in [1.54, 1.807) is 18.2 Å². The number of primary amides is 1. The van der Waals surface area contributed by atoms with Crippen molar-refractivity contribution >= 4 is 17.7 Å². The number of phenolic OH excluding ortho intramolecular Hbond substituents is 1. The van der Waals surface area contributed by atoms with Gasteiger partial charge in [-0.15, -0.1) is 10.2 Å². The molecule has 1 amide bonds. The topological polar surface area (TPSA) is 94.0 Å². The van der Waals surface area contributed by atoms with Gasteiger partial charge in [0.15, 0.2) is 11.0 Å². The Morgan fingerprint density at radius 2 is 1.88 bits per heavy atom. The van der Waals surface area contributed by atoms with Crippen LogP contribution in [0.1, 0.15) is 5.56 Å². The van der Waals surface area contributed by atoms with E-state index in [0.717, 1.165) is 11.3 Å². The first kappa shape index (κ1) is 16.1. The highest BCUT2D eigenvalue weighted by Crippen LogP contribution is 2.32. The number of carbonyl (C=O) groups excluding carboxylic acids is 1. The molecule has 122 valence electrons. The molecule has 24 heavy (non-hydrogen) atoms. The van der Waals surface area contributed by atoms with E-state index in [4.69, 9.17) is 5.73 Å². The Balaban J connectivity index is 2.14. The van der Waals surface area contributed by atoms with E-state index in [0.29, 0.717) is 16.5 Å². The van der Waals surface area contributed by atoms with Gasteiger partial charge in [0.2, 0.25) is 5.91 Å². The zero-order chi connectivity index (χ0) is 17.1. The normalized spacial score (nSPS) is 10.7. The van der Waals surface area contributed by atoms with E-state index >= 15 is 0 Å². The number of phenols is 1. The summed E-state index contributed by atoms with van der Waals surface area (Å²) >= 11 is 1.21. The standard InChI is InChI=1S/C17H16N4O2S/c1-11-6-8-12(9-7-11)21-16(13-4-2-3-5-14(13)22)19-20-17(21)24-10-15(18)23/h2-9,22H,10H2,1H3,(H2,18,23). The number of rotatable bonds is 5. The number of para-hydroxylation sites is 1. The first-order chi connectivity index (χ1) is 11.6. The van der Waals surface area contributed by atoms with Crippen molar-refractivity contribution in [3.8, 4) is 22.8 Å². The van der Waals surface area contributed by atoms with Gasteiger partial charge in [-0.25, -0.2) is 0 Å². The molecule has 0 saturated heterocycles. The van der Waals surface area contributed by atoms with Crippen LogP contribution in [-0.2, 0) is 4.79 Å². The number of aryl methyl sites for hydroxylation is 1. The minimum absolute atomic E-state index is 0.102. The second kappa shape index (κ2) is 6.76. The van der Waals surface area contributed by atoms with Crippen molar-refractivity contribution in [2.75, 3.05) is 5.75 Å². The van der Waals surface area contributed by atoms with Gasteiger partial charge < -0.3 is 10.8 Å². The van der Waals surface area contributed by atoms with Crippen molar-refractivity contribution in [1.82, 2.24) is 14.8 Å². The number of hydrogen-bond donors (Lipinski definition) is 2. The predicted molar refractivity (Wildman–Crippen MR) is 93.1 cm³/mol. The zero-order valence-corrected chi connectivity index (χ0v) is 13.8. The van der Waals surface area contributed by atoms with Crippen LogP contribution in [0, 0.1) is 6.92 Å². The van der Waals surface area contributed by atoms with Crippen LogP contribution in [0.2, 0.25) is 0 Å². The molecule has 2 aromatic carbocycles. The van der Waals surface area contributed by atoms with E-state index in [1.807, 2.05) is 41.8 Å². The van der Waals surface area contributed by atoms with Gasteiger partial charge in [0.1, 0.15) is 5.75 Å². The summed E-state index contributed by atoms with van der Waals surface area (Å²) in [6.07, 6.45) is 0. The molecule has 0 saturated carbocycles. The quantitative estimate of drug-likeness (QED) is 0.696. The second-order valence-corrected chi connectivity index (χ2v) is 6.19. The van der Waals surface area contributed by atoms with Crippen LogP contribution in [0.25, 0.3) is 17.1 Å². The van der Waals surface area contributed by atoms with Crippen LogP contribution in [0.4, 0.5) is 0 Å². The van der Waals surface area contributed by atoms with Gasteiger partial charge in [-0.1, -0.05) is 41.6 Å². The molecule has 6 nitrogen and oxygen atoms in total. The summed E-state index contributed by atoms with van der Waals surface area (Å²) in [6, 6.07) is 14.8. The Morgan fingerprint density at radius 3 is 2.54 bits per heavy atom. The molecule has 0 aliphatic rings. The maximum atomic E-state index is 11.1. The van der Waals surface area contributed by atoms with Crippen molar-refractivity contribution in [3.63, 3.8) is 0 Å². The summed E-state index contributed by atoms with van der Waals surface area (Å²) in [6.45, 7) is 2.00. The molecule has 3 rings (SSSR count). The number of nitrogens with two attached hydrogens (primary N) is 1. The van der Waals surface area contributed by atoms with Crippen molar-refractivity contribution in [1.29, 1.82) is 0 Å². The molecule has 3 N–H and O–H groups in total. The molecule has 0 spiro atoms. The Kier molecular flexibility index (Phi) is 4.52. The maximum absolute atomic E-state index is 11.1. The molecule has 0 aliphatic carbocycles. The van der Waals surface area contributed by atoms with Gasteiger partial charge in [-0.3, -0.25) is 9.36 Å². The fourth-order valence-corrected chi connectivity index (χ4v) is 2.95. The molecule has 1 heterocycles. The number of amides is 1. The minimum Gasteiger partial charge on any atom is -0.507 e. The first-order valence-corrected chi connectivity index (χ1v) is 8.27. The third-order valence-corrected chi connectivity index (χ3v) is 4.37. The molecular weight excluding hydrogens is 324 g/mol. The Bertz CT molecular complexity index is 875. The molecule has 3 aromatic rings. The maximum Gasteiger partial charge on any atom is 0.227 e. The Labute approximate surface area is 143 Å². The second-order valence-electron chi connectivity index (χ2n) is 5.25. The Morgan fingerprint density at radius 1 is 1.17 bits per heavy atom. The lowest BCUT2D eigenvalue weighted by Gasteiger charge is -2.11. The van der Waals surface area contributed by atoms with Crippen LogP contribution < -0.4 is 5.73 Å². The SMILES string of the molecule is Cc1ccc(-n2c(SCC(N)=O)nnc2-c2ccccc2O)cc1. The van der Waals surface area contributed by atoms with E-state index < -0.39 is 5.91 Å². The summed E-state index contributed by atoms with van der Waals surface area (Å²) in [5, 5.41) is 19.0. The summed E-state index contributed by atoms with van der Waals surface area (Å²) in [7, 11) is 0. The lowest BCUT2D eigenvalue weighted by atomic mass is 10.1. The highest BCUT2D eigenvalue weighted by atomic mass is 32.2. The highest BCUT2D eigenvalue weighted by molar-refractivity contribution is 7.99. The highest BCUT2D eigenvalue weighted by Gasteiger charge is 2.18. The number of thioether (sulfide) groups is 1. The summed E-state index contributed by atoms with van der Waals surface area (Å²) in [5.74, 6) is 0.293. The van der Waals surface area contributed by atoms with E-state index in [-0.39, 0.29) is 11.5 Å². The molecule has 0 bridgehead atoms. The number of hydrogen-bond acceptors (Lipinski definition) is 5.